The molecular formula is C25H20ClN3O3. The summed E-state index contributed by atoms with van der Waals surface area (Å²) in [5.74, 6) is -1.10. The lowest BCUT2D eigenvalue weighted by Crippen LogP contribution is -2.32. The fraction of sp³-hybridized carbons (Fsp3) is 0.0800. The number of imide groups is 1. The molecule has 3 aromatic rings. The van der Waals surface area contributed by atoms with E-state index in [2.05, 4.69) is 10.6 Å². The number of amides is 3. The van der Waals surface area contributed by atoms with Crippen LogP contribution in [0.4, 0.5) is 17.1 Å². The van der Waals surface area contributed by atoms with Gasteiger partial charge in [-0.1, -0.05) is 41.9 Å². The molecule has 0 bridgehead atoms. The molecule has 0 atom stereocenters. The number of hydrogen-bond acceptors (Lipinski definition) is 4. The van der Waals surface area contributed by atoms with Crippen molar-refractivity contribution in [1.29, 1.82) is 0 Å². The van der Waals surface area contributed by atoms with E-state index in [0.717, 1.165) is 10.5 Å². The minimum atomic E-state index is -0.463. The average molecular weight is 446 g/mol. The van der Waals surface area contributed by atoms with Crippen LogP contribution in [0.15, 0.2) is 78.5 Å². The molecular weight excluding hydrogens is 426 g/mol. The molecule has 3 aromatic carbocycles. The molecule has 1 heterocycles. The Bertz CT molecular complexity index is 1250. The van der Waals surface area contributed by atoms with Gasteiger partial charge >= 0.3 is 0 Å². The molecule has 0 unspecified atom stereocenters. The standard InChI is InChI=1S/C25H20ClN3O3/c1-15-14-18(26)8-13-21(15)28-23-22(17-6-4-3-5-7-17)24(31)29(25(23)32)20-11-9-19(10-12-20)27-16(2)30/h3-14,28H,1-2H3,(H,27,30). The summed E-state index contributed by atoms with van der Waals surface area (Å²) in [6, 6.07) is 20.9. The number of halogens is 1. The first-order chi connectivity index (χ1) is 15.3. The Morgan fingerprint density at radius 3 is 2.22 bits per heavy atom. The van der Waals surface area contributed by atoms with E-state index in [-0.39, 0.29) is 17.2 Å². The number of carbonyl (C=O) groups is 3. The first-order valence-electron chi connectivity index (χ1n) is 9.94. The molecule has 0 aliphatic carbocycles. The van der Waals surface area contributed by atoms with E-state index in [0.29, 0.717) is 27.6 Å². The molecule has 7 heteroatoms. The van der Waals surface area contributed by atoms with Crippen molar-refractivity contribution in [2.45, 2.75) is 13.8 Å². The van der Waals surface area contributed by atoms with Crippen molar-refractivity contribution in [3.05, 3.63) is 94.6 Å². The molecule has 3 amide bonds. The Balaban J connectivity index is 1.75. The van der Waals surface area contributed by atoms with Crippen molar-refractivity contribution >= 4 is 52.0 Å². The van der Waals surface area contributed by atoms with Gasteiger partial charge in [-0.2, -0.15) is 0 Å². The second kappa shape index (κ2) is 8.69. The number of aryl methyl sites for hydroxylation is 1. The predicted octanol–water partition coefficient (Wildman–Crippen LogP) is 5.00. The smallest absolute Gasteiger partial charge is 0.282 e. The van der Waals surface area contributed by atoms with E-state index >= 15 is 0 Å². The molecule has 1 aliphatic rings. The SMILES string of the molecule is CC(=O)Nc1ccc(N2C(=O)C(Nc3ccc(Cl)cc3C)=C(c3ccccc3)C2=O)cc1. The molecule has 0 radical (unpaired) electrons. The van der Waals surface area contributed by atoms with E-state index in [1.807, 2.05) is 25.1 Å². The number of rotatable bonds is 5. The Morgan fingerprint density at radius 2 is 1.59 bits per heavy atom. The molecule has 6 nitrogen and oxygen atoms in total. The maximum atomic E-state index is 13.4. The summed E-state index contributed by atoms with van der Waals surface area (Å²) >= 11 is 6.06. The molecule has 2 N–H and O–H groups in total. The zero-order chi connectivity index (χ0) is 22.8. The lowest BCUT2D eigenvalue weighted by atomic mass is 10.0. The van der Waals surface area contributed by atoms with Crippen LogP contribution in [0.2, 0.25) is 5.02 Å². The van der Waals surface area contributed by atoms with Gasteiger partial charge in [-0.25, -0.2) is 4.90 Å². The summed E-state index contributed by atoms with van der Waals surface area (Å²) in [6.07, 6.45) is 0. The van der Waals surface area contributed by atoms with Crippen LogP contribution in [0.25, 0.3) is 5.57 Å². The summed E-state index contributed by atoms with van der Waals surface area (Å²) in [6.45, 7) is 3.28. The third-order valence-electron chi connectivity index (χ3n) is 5.04. The van der Waals surface area contributed by atoms with Crippen molar-refractivity contribution in [2.24, 2.45) is 0 Å². The summed E-state index contributed by atoms with van der Waals surface area (Å²) in [5, 5.41) is 6.41. The molecule has 0 saturated heterocycles. The fourth-order valence-corrected chi connectivity index (χ4v) is 3.78. The monoisotopic (exact) mass is 445 g/mol. The minimum Gasteiger partial charge on any atom is -0.350 e. The lowest BCUT2D eigenvalue weighted by molar-refractivity contribution is -0.120. The summed E-state index contributed by atoms with van der Waals surface area (Å²) in [4.78, 5) is 39.3. The maximum absolute atomic E-state index is 13.4. The molecule has 0 aromatic heterocycles. The topological polar surface area (TPSA) is 78.5 Å². The highest BCUT2D eigenvalue weighted by Gasteiger charge is 2.40. The van der Waals surface area contributed by atoms with Gasteiger partial charge in [0.15, 0.2) is 0 Å². The zero-order valence-corrected chi connectivity index (χ0v) is 18.2. The maximum Gasteiger partial charge on any atom is 0.282 e. The van der Waals surface area contributed by atoms with Gasteiger partial charge in [-0.05, 0) is 60.5 Å². The third kappa shape index (κ3) is 4.13. The summed E-state index contributed by atoms with van der Waals surface area (Å²) < 4.78 is 0. The van der Waals surface area contributed by atoms with Gasteiger partial charge in [0.25, 0.3) is 11.8 Å². The van der Waals surface area contributed by atoms with Crippen molar-refractivity contribution in [1.82, 2.24) is 0 Å². The van der Waals surface area contributed by atoms with Gasteiger partial charge in [0, 0.05) is 23.3 Å². The van der Waals surface area contributed by atoms with Crippen LogP contribution >= 0.6 is 11.6 Å². The molecule has 0 spiro atoms. The second-order valence-electron chi connectivity index (χ2n) is 7.37. The Morgan fingerprint density at radius 1 is 0.906 bits per heavy atom. The van der Waals surface area contributed by atoms with Crippen molar-refractivity contribution < 1.29 is 14.4 Å². The van der Waals surface area contributed by atoms with E-state index in [4.69, 9.17) is 11.6 Å². The fourth-order valence-electron chi connectivity index (χ4n) is 3.55. The number of carbonyl (C=O) groups excluding carboxylic acids is 3. The van der Waals surface area contributed by atoms with Crippen LogP contribution in [0, 0.1) is 6.92 Å². The van der Waals surface area contributed by atoms with Gasteiger partial charge < -0.3 is 10.6 Å². The first-order valence-corrected chi connectivity index (χ1v) is 10.3. The van der Waals surface area contributed by atoms with E-state index < -0.39 is 11.8 Å². The largest absolute Gasteiger partial charge is 0.350 e. The molecule has 4 rings (SSSR count). The predicted molar refractivity (Wildman–Crippen MR) is 126 cm³/mol. The van der Waals surface area contributed by atoms with E-state index in [1.54, 1.807) is 54.6 Å². The van der Waals surface area contributed by atoms with Crippen molar-refractivity contribution in [2.75, 3.05) is 15.5 Å². The highest BCUT2D eigenvalue weighted by Crippen LogP contribution is 2.35. The van der Waals surface area contributed by atoms with E-state index in [9.17, 15) is 14.4 Å². The molecule has 0 fully saturated rings. The van der Waals surface area contributed by atoms with Crippen LogP contribution in [0.1, 0.15) is 18.1 Å². The lowest BCUT2D eigenvalue weighted by Gasteiger charge is -2.16. The number of benzene rings is 3. The highest BCUT2D eigenvalue weighted by atomic mass is 35.5. The quantitative estimate of drug-likeness (QED) is 0.541. The number of hydrogen-bond donors (Lipinski definition) is 2. The van der Waals surface area contributed by atoms with Gasteiger partial charge in [-0.15, -0.1) is 0 Å². The minimum absolute atomic E-state index is 0.192. The average Bonchev–Trinajstić information content (AvgIpc) is 3.00. The molecule has 1 aliphatic heterocycles. The molecule has 160 valence electrons. The van der Waals surface area contributed by atoms with Crippen LogP contribution < -0.4 is 15.5 Å². The summed E-state index contributed by atoms with van der Waals surface area (Å²) in [7, 11) is 0. The first kappa shape index (κ1) is 21.3. The third-order valence-corrected chi connectivity index (χ3v) is 5.28. The number of nitrogens with one attached hydrogen (secondary N) is 2. The van der Waals surface area contributed by atoms with E-state index in [1.165, 1.54) is 6.92 Å². The van der Waals surface area contributed by atoms with Crippen LogP contribution in [-0.4, -0.2) is 17.7 Å². The zero-order valence-electron chi connectivity index (χ0n) is 17.5. The van der Waals surface area contributed by atoms with Crippen molar-refractivity contribution in [3.63, 3.8) is 0 Å². The van der Waals surface area contributed by atoms with Crippen LogP contribution in [-0.2, 0) is 14.4 Å². The second-order valence-corrected chi connectivity index (χ2v) is 7.81. The Labute approximate surface area is 190 Å². The molecule has 32 heavy (non-hydrogen) atoms. The van der Waals surface area contributed by atoms with Gasteiger partial charge in [0.2, 0.25) is 5.91 Å². The highest BCUT2D eigenvalue weighted by molar-refractivity contribution is 6.46. The number of nitrogens with zero attached hydrogens (tertiary/aromatic N) is 1. The Kier molecular flexibility index (Phi) is 5.79. The normalized spacial score (nSPS) is 13.5. The molecule has 0 saturated carbocycles. The van der Waals surface area contributed by atoms with Gasteiger partial charge in [0.1, 0.15) is 5.70 Å². The van der Waals surface area contributed by atoms with Crippen LogP contribution in [0.5, 0.6) is 0 Å². The van der Waals surface area contributed by atoms with Gasteiger partial charge in [-0.3, -0.25) is 14.4 Å². The van der Waals surface area contributed by atoms with Crippen LogP contribution in [0.3, 0.4) is 0 Å². The van der Waals surface area contributed by atoms with Crippen molar-refractivity contribution in [3.8, 4) is 0 Å². The number of anilines is 3. The Hall–Kier alpha value is -3.90. The van der Waals surface area contributed by atoms with Gasteiger partial charge in [0.05, 0.1) is 11.3 Å². The summed E-state index contributed by atoms with van der Waals surface area (Å²) in [5.41, 5.74) is 3.63.